The first-order valence-electron chi connectivity index (χ1n) is 11.9. The van der Waals surface area contributed by atoms with Crippen LogP contribution in [-0.4, -0.2) is 0 Å². The molecular formula is C33H28O2. The summed E-state index contributed by atoms with van der Waals surface area (Å²) in [4.78, 5) is 0. The van der Waals surface area contributed by atoms with Crippen LogP contribution in [0.15, 0.2) is 115 Å². The van der Waals surface area contributed by atoms with Gasteiger partial charge in [-0.2, -0.15) is 0 Å². The molecule has 0 atom stereocenters. The third-order valence-corrected chi connectivity index (χ3v) is 6.03. The second-order valence-electron chi connectivity index (χ2n) is 8.88. The van der Waals surface area contributed by atoms with E-state index in [1.54, 1.807) is 0 Å². The van der Waals surface area contributed by atoms with Gasteiger partial charge in [-0.05, 0) is 68.3 Å². The van der Waals surface area contributed by atoms with Crippen molar-refractivity contribution in [1.82, 2.24) is 0 Å². The van der Waals surface area contributed by atoms with Gasteiger partial charge in [0.25, 0.3) is 0 Å². The highest BCUT2D eigenvalue weighted by Crippen LogP contribution is 2.47. The fourth-order valence-electron chi connectivity index (χ4n) is 4.05. The van der Waals surface area contributed by atoms with Crippen LogP contribution in [0.2, 0.25) is 0 Å². The molecule has 0 aliphatic rings. The standard InChI is InChI=1S/C33H28O2/c1-23-9-15-27(16-10-23)32-31(34-28-17-11-24(2)12-18-28)22-21-30(26-7-5-4-6-8-26)33(32)35-29-19-13-25(3)14-20-29/h4-22H,1-3H3. The molecule has 5 rings (SSSR count). The molecule has 2 nitrogen and oxygen atoms in total. The normalized spacial score (nSPS) is 10.7. The number of hydrogen-bond acceptors (Lipinski definition) is 2. The van der Waals surface area contributed by atoms with Crippen molar-refractivity contribution < 1.29 is 9.47 Å². The third kappa shape index (κ3) is 5.12. The zero-order valence-electron chi connectivity index (χ0n) is 20.3. The number of ether oxygens (including phenoxy) is 2. The average Bonchev–Trinajstić information content (AvgIpc) is 2.88. The van der Waals surface area contributed by atoms with Gasteiger partial charge in [0.2, 0.25) is 0 Å². The van der Waals surface area contributed by atoms with Crippen LogP contribution in [0.25, 0.3) is 22.3 Å². The summed E-state index contributed by atoms with van der Waals surface area (Å²) < 4.78 is 13.1. The second-order valence-corrected chi connectivity index (χ2v) is 8.88. The Hall–Kier alpha value is -4.30. The molecule has 0 unspecified atom stereocenters. The molecule has 0 saturated carbocycles. The zero-order valence-corrected chi connectivity index (χ0v) is 20.3. The highest BCUT2D eigenvalue weighted by atomic mass is 16.5. The van der Waals surface area contributed by atoms with E-state index in [4.69, 9.17) is 9.47 Å². The molecule has 5 aromatic rings. The number of rotatable bonds is 6. The smallest absolute Gasteiger partial charge is 0.146 e. The maximum atomic E-state index is 6.65. The summed E-state index contributed by atoms with van der Waals surface area (Å²) in [6, 6.07) is 39.2. The van der Waals surface area contributed by atoms with Crippen LogP contribution in [-0.2, 0) is 0 Å². The lowest BCUT2D eigenvalue weighted by Gasteiger charge is -2.20. The summed E-state index contributed by atoms with van der Waals surface area (Å²) in [7, 11) is 0. The molecule has 35 heavy (non-hydrogen) atoms. The van der Waals surface area contributed by atoms with Crippen molar-refractivity contribution in [3.05, 3.63) is 132 Å². The molecule has 0 amide bonds. The Kier molecular flexibility index (Phi) is 6.36. The van der Waals surface area contributed by atoms with Crippen LogP contribution in [0.3, 0.4) is 0 Å². The lowest BCUT2D eigenvalue weighted by Crippen LogP contribution is -1.96. The van der Waals surface area contributed by atoms with Crippen LogP contribution in [0.1, 0.15) is 16.7 Å². The van der Waals surface area contributed by atoms with Crippen molar-refractivity contribution in [2.45, 2.75) is 20.8 Å². The zero-order chi connectivity index (χ0) is 24.2. The van der Waals surface area contributed by atoms with Gasteiger partial charge in [-0.25, -0.2) is 0 Å². The van der Waals surface area contributed by atoms with Crippen LogP contribution in [0.4, 0.5) is 0 Å². The Balaban J connectivity index is 1.73. The fourth-order valence-corrected chi connectivity index (χ4v) is 4.05. The quantitative estimate of drug-likeness (QED) is 0.253. The number of benzene rings is 5. The SMILES string of the molecule is Cc1ccc(Oc2ccc(-c3ccccc3)c(Oc3ccc(C)cc3)c2-c2ccc(C)cc2)cc1. The molecule has 0 aliphatic carbocycles. The van der Waals surface area contributed by atoms with Crippen LogP contribution >= 0.6 is 0 Å². The topological polar surface area (TPSA) is 18.5 Å². The first kappa shape index (κ1) is 22.5. The first-order valence-corrected chi connectivity index (χ1v) is 11.9. The van der Waals surface area contributed by atoms with Gasteiger partial charge in [0, 0.05) is 5.56 Å². The molecule has 5 aromatic carbocycles. The summed E-state index contributed by atoms with van der Waals surface area (Å²) in [5, 5.41) is 0. The van der Waals surface area contributed by atoms with E-state index >= 15 is 0 Å². The van der Waals surface area contributed by atoms with E-state index < -0.39 is 0 Å². The summed E-state index contributed by atoms with van der Waals surface area (Å²) in [5.41, 5.74) is 7.65. The molecule has 0 radical (unpaired) electrons. The largest absolute Gasteiger partial charge is 0.457 e. The van der Waals surface area contributed by atoms with Crippen molar-refractivity contribution >= 4 is 0 Å². The summed E-state index contributed by atoms with van der Waals surface area (Å²) in [6.45, 7) is 6.24. The minimum Gasteiger partial charge on any atom is -0.457 e. The van der Waals surface area contributed by atoms with Gasteiger partial charge < -0.3 is 9.47 Å². The van der Waals surface area contributed by atoms with Gasteiger partial charge in [0.1, 0.15) is 23.0 Å². The maximum Gasteiger partial charge on any atom is 0.146 e. The molecule has 0 spiro atoms. The minimum absolute atomic E-state index is 0.750. The van der Waals surface area contributed by atoms with Gasteiger partial charge in [-0.3, -0.25) is 0 Å². The van der Waals surface area contributed by atoms with Crippen molar-refractivity contribution in [3.8, 4) is 45.3 Å². The molecule has 0 aliphatic heterocycles. The van der Waals surface area contributed by atoms with Crippen LogP contribution in [0, 0.1) is 20.8 Å². The summed E-state index contributed by atoms with van der Waals surface area (Å²) >= 11 is 0. The molecular weight excluding hydrogens is 428 g/mol. The van der Waals surface area contributed by atoms with Gasteiger partial charge in [-0.1, -0.05) is 95.6 Å². The average molecular weight is 457 g/mol. The molecule has 0 saturated heterocycles. The number of hydrogen-bond donors (Lipinski definition) is 0. The van der Waals surface area contributed by atoms with E-state index in [-0.39, 0.29) is 0 Å². The molecule has 0 fully saturated rings. The Labute approximate surface area is 207 Å². The highest BCUT2D eigenvalue weighted by Gasteiger charge is 2.20. The van der Waals surface area contributed by atoms with Gasteiger partial charge >= 0.3 is 0 Å². The van der Waals surface area contributed by atoms with Crippen molar-refractivity contribution in [1.29, 1.82) is 0 Å². The lowest BCUT2D eigenvalue weighted by atomic mass is 9.95. The molecule has 2 heteroatoms. The van der Waals surface area contributed by atoms with E-state index in [9.17, 15) is 0 Å². The fraction of sp³-hybridized carbons (Fsp3) is 0.0909. The first-order chi connectivity index (χ1) is 17.1. The highest BCUT2D eigenvalue weighted by molar-refractivity contribution is 5.87. The van der Waals surface area contributed by atoms with E-state index in [1.807, 2.05) is 48.5 Å². The van der Waals surface area contributed by atoms with Crippen LogP contribution < -0.4 is 9.47 Å². The predicted octanol–water partition coefficient (Wildman–Crippen LogP) is 9.53. The molecule has 0 aromatic heterocycles. The monoisotopic (exact) mass is 456 g/mol. The molecule has 172 valence electrons. The van der Waals surface area contributed by atoms with Gasteiger partial charge in [-0.15, -0.1) is 0 Å². The molecule has 0 N–H and O–H groups in total. The van der Waals surface area contributed by atoms with Crippen molar-refractivity contribution in [2.75, 3.05) is 0 Å². The van der Waals surface area contributed by atoms with Crippen molar-refractivity contribution in [3.63, 3.8) is 0 Å². The summed E-state index contributed by atoms with van der Waals surface area (Å²) in [5.74, 6) is 3.10. The van der Waals surface area contributed by atoms with Crippen LogP contribution in [0.5, 0.6) is 23.0 Å². The van der Waals surface area contributed by atoms with E-state index in [2.05, 4.69) is 87.5 Å². The second kappa shape index (κ2) is 9.90. The molecule has 0 bridgehead atoms. The minimum atomic E-state index is 0.750. The van der Waals surface area contributed by atoms with E-state index in [0.717, 1.165) is 45.3 Å². The Bertz CT molecular complexity index is 1420. The third-order valence-electron chi connectivity index (χ3n) is 6.03. The maximum absolute atomic E-state index is 6.65. The van der Waals surface area contributed by atoms with Gasteiger partial charge in [0.05, 0.1) is 5.56 Å². The summed E-state index contributed by atoms with van der Waals surface area (Å²) in [6.07, 6.45) is 0. The molecule has 0 heterocycles. The number of aryl methyl sites for hydroxylation is 3. The lowest BCUT2D eigenvalue weighted by molar-refractivity contribution is 0.464. The Morgan fingerprint density at radius 2 is 0.943 bits per heavy atom. The van der Waals surface area contributed by atoms with E-state index in [0.29, 0.717) is 0 Å². The Morgan fingerprint density at radius 3 is 1.51 bits per heavy atom. The van der Waals surface area contributed by atoms with Crippen molar-refractivity contribution in [2.24, 2.45) is 0 Å². The predicted molar refractivity (Wildman–Crippen MR) is 145 cm³/mol. The van der Waals surface area contributed by atoms with E-state index in [1.165, 1.54) is 16.7 Å². The van der Waals surface area contributed by atoms with Gasteiger partial charge in [0.15, 0.2) is 0 Å². The Morgan fingerprint density at radius 1 is 0.429 bits per heavy atom.